The highest BCUT2D eigenvalue weighted by Crippen LogP contribution is 2.56. The Bertz CT molecular complexity index is 1150. The van der Waals surface area contributed by atoms with E-state index in [9.17, 15) is 4.79 Å². The zero-order chi connectivity index (χ0) is 19.1. The first kappa shape index (κ1) is 16.5. The van der Waals surface area contributed by atoms with Gasteiger partial charge in [-0.05, 0) is 69.6 Å². The predicted molar refractivity (Wildman–Crippen MR) is 112 cm³/mol. The van der Waals surface area contributed by atoms with Crippen LogP contribution in [0.1, 0.15) is 65.9 Å². The molecule has 27 heavy (non-hydrogen) atoms. The van der Waals surface area contributed by atoms with E-state index in [1.54, 1.807) is 0 Å². The molecule has 134 valence electrons. The molecule has 0 unspecified atom stereocenters. The molecule has 0 heterocycles. The lowest BCUT2D eigenvalue weighted by atomic mass is 9.79. The highest BCUT2D eigenvalue weighted by molar-refractivity contribution is 5.90. The average Bonchev–Trinajstić information content (AvgIpc) is 3.00. The first-order valence-electron chi connectivity index (χ1n) is 9.66. The number of benzene rings is 3. The second kappa shape index (κ2) is 4.98. The maximum atomic E-state index is 11.3. The minimum atomic E-state index is -0.101. The highest BCUT2D eigenvalue weighted by Gasteiger charge is 2.41. The third kappa shape index (κ3) is 1.97. The number of carbonyl (C=O) groups excluding carboxylic acids is 1. The first-order chi connectivity index (χ1) is 12.7. The van der Waals surface area contributed by atoms with Gasteiger partial charge in [-0.1, -0.05) is 63.6 Å². The molecule has 0 amide bonds. The summed E-state index contributed by atoms with van der Waals surface area (Å²) in [6, 6.07) is 17.8. The number of aryl methyl sites for hydroxylation is 1. The third-order valence-corrected chi connectivity index (χ3v) is 6.79. The van der Waals surface area contributed by atoms with E-state index in [-0.39, 0.29) is 10.8 Å². The minimum Gasteiger partial charge on any atom is -0.298 e. The Labute approximate surface area is 161 Å². The summed E-state index contributed by atoms with van der Waals surface area (Å²) in [4.78, 5) is 11.3. The molecule has 2 aliphatic carbocycles. The lowest BCUT2D eigenvalue weighted by molar-refractivity contribution is 0.112. The molecule has 0 saturated carbocycles. The Balaban J connectivity index is 1.82. The quantitative estimate of drug-likeness (QED) is 0.462. The van der Waals surface area contributed by atoms with Gasteiger partial charge in [-0.25, -0.2) is 0 Å². The highest BCUT2D eigenvalue weighted by atomic mass is 16.1. The Hall–Kier alpha value is -2.67. The maximum Gasteiger partial charge on any atom is 0.150 e. The first-order valence-corrected chi connectivity index (χ1v) is 9.66. The molecule has 0 saturated heterocycles. The summed E-state index contributed by atoms with van der Waals surface area (Å²) in [7, 11) is 0. The van der Waals surface area contributed by atoms with Crippen LogP contribution in [0, 0.1) is 6.92 Å². The molecule has 0 fully saturated rings. The summed E-state index contributed by atoms with van der Waals surface area (Å²) < 4.78 is 0. The monoisotopic (exact) mass is 352 g/mol. The van der Waals surface area contributed by atoms with E-state index in [0.29, 0.717) is 0 Å². The maximum absolute atomic E-state index is 11.3. The molecule has 0 bridgehead atoms. The number of carbonyl (C=O) groups is 1. The van der Waals surface area contributed by atoms with Crippen LogP contribution in [0.15, 0.2) is 48.5 Å². The molecule has 1 heteroatoms. The van der Waals surface area contributed by atoms with Gasteiger partial charge < -0.3 is 0 Å². The van der Waals surface area contributed by atoms with Crippen LogP contribution < -0.4 is 0 Å². The molecule has 0 atom stereocenters. The number of aldehydes is 1. The van der Waals surface area contributed by atoms with Crippen molar-refractivity contribution in [2.45, 2.75) is 45.4 Å². The van der Waals surface area contributed by atoms with Crippen molar-refractivity contribution in [3.63, 3.8) is 0 Å². The van der Waals surface area contributed by atoms with Crippen LogP contribution >= 0.6 is 0 Å². The van der Waals surface area contributed by atoms with Gasteiger partial charge in [0.2, 0.25) is 0 Å². The van der Waals surface area contributed by atoms with Crippen molar-refractivity contribution >= 4 is 6.29 Å². The van der Waals surface area contributed by atoms with Gasteiger partial charge in [0, 0.05) is 16.4 Å². The Kier molecular flexibility index (Phi) is 3.04. The summed E-state index contributed by atoms with van der Waals surface area (Å²) in [6.07, 6.45) is 0.945. The van der Waals surface area contributed by atoms with Crippen LogP contribution in [0.4, 0.5) is 0 Å². The molecule has 5 rings (SSSR count). The molecule has 0 aromatic heterocycles. The molecule has 0 radical (unpaired) electrons. The van der Waals surface area contributed by atoms with Gasteiger partial charge in [0.05, 0.1) is 0 Å². The number of fused-ring (bicyclic) bond motifs is 6. The SMILES string of the molecule is Cc1ccc2c(c1)C(C)(C)c1cc3c(cc1-2)C(C)(C)c1cc(C=O)ccc1-3. The lowest BCUT2D eigenvalue weighted by Crippen LogP contribution is -2.17. The molecule has 3 aromatic rings. The van der Waals surface area contributed by atoms with Crippen LogP contribution in [0.2, 0.25) is 0 Å². The molecule has 0 N–H and O–H groups in total. The molecular weight excluding hydrogens is 328 g/mol. The Morgan fingerprint density at radius 3 is 1.67 bits per heavy atom. The Morgan fingerprint density at radius 1 is 0.630 bits per heavy atom. The molecule has 0 aliphatic heterocycles. The fraction of sp³-hybridized carbons (Fsp3) is 0.269. The van der Waals surface area contributed by atoms with E-state index in [4.69, 9.17) is 0 Å². The van der Waals surface area contributed by atoms with Crippen molar-refractivity contribution in [1.29, 1.82) is 0 Å². The van der Waals surface area contributed by atoms with Gasteiger partial charge >= 0.3 is 0 Å². The van der Waals surface area contributed by atoms with Crippen molar-refractivity contribution < 1.29 is 4.79 Å². The smallest absolute Gasteiger partial charge is 0.150 e. The van der Waals surface area contributed by atoms with Crippen molar-refractivity contribution in [1.82, 2.24) is 0 Å². The summed E-state index contributed by atoms with van der Waals surface area (Å²) in [5.74, 6) is 0. The summed E-state index contributed by atoms with van der Waals surface area (Å²) >= 11 is 0. The van der Waals surface area contributed by atoms with Crippen LogP contribution in [0.3, 0.4) is 0 Å². The van der Waals surface area contributed by atoms with E-state index in [2.05, 4.69) is 77.1 Å². The van der Waals surface area contributed by atoms with Crippen LogP contribution in [-0.4, -0.2) is 6.29 Å². The fourth-order valence-electron chi connectivity index (χ4n) is 5.17. The van der Waals surface area contributed by atoms with E-state index in [1.807, 2.05) is 6.07 Å². The van der Waals surface area contributed by atoms with Crippen molar-refractivity contribution in [2.75, 3.05) is 0 Å². The lowest BCUT2D eigenvalue weighted by Gasteiger charge is -2.24. The van der Waals surface area contributed by atoms with E-state index in [1.165, 1.54) is 50.1 Å². The third-order valence-electron chi connectivity index (χ3n) is 6.79. The minimum absolute atomic E-state index is 0.00134. The predicted octanol–water partition coefficient (Wildman–Crippen LogP) is 6.42. The van der Waals surface area contributed by atoms with Crippen molar-refractivity contribution in [2.24, 2.45) is 0 Å². The summed E-state index contributed by atoms with van der Waals surface area (Å²) in [6.45, 7) is 11.4. The van der Waals surface area contributed by atoms with Gasteiger partial charge in [-0.15, -0.1) is 0 Å². The summed E-state index contributed by atoms with van der Waals surface area (Å²) in [5, 5.41) is 0. The van der Waals surface area contributed by atoms with Crippen molar-refractivity contribution in [3.8, 4) is 22.3 Å². The topological polar surface area (TPSA) is 17.1 Å². The van der Waals surface area contributed by atoms with Gasteiger partial charge in [0.1, 0.15) is 6.29 Å². The molecule has 3 aromatic carbocycles. The van der Waals surface area contributed by atoms with Gasteiger partial charge in [0.15, 0.2) is 0 Å². The number of hydrogen-bond acceptors (Lipinski definition) is 1. The van der Waals surface area contributed by atoms with Crippen LogP contribution in [0.25, 0.3) is 22.3 Å². The molecule has 0 spiro atoms. The molecular formula is C26H24O. The number of rotatable bonds is 1. The fourth-order valence-corrected chi connectivity index (χ4v) is 5.17. The molecule has 2 aliphatic rings. The average molecular weight is 352 g/mol. The van der Waals surface area contributed by atoms with E-state index >= 15 is 0 Å². The van der Waals surface area contributed by atoms with Gasteiger partial charge in [0.25, 0.3) is 0 Å². The van der Waals surface area contributed by atoms with E-state index in [0.717, 1.165) is 11.8 Å². The number of hydrogen-bond donors (Lipinski definition) is 0. The van der Waals surface area contributed by atoms with Crippen molar-refractivity contribution in [3.05, 3.63) is 81.9 Å². The van der Waals surface area contributed by atoms with E-state index < -0.39 is 0 Å². The summed E-state index contributed by atoms with van der Waals surface area (Å²) in [5.41, 5.74) is 12.7. The zero-order valence-electron chi connectivity index (χ0n) is 16.6. The van der Waals surface area contributed by atoms with Crippen LogP contribution in [0.5, 0.6) is 0 Å². The zero-order valence-corrected chi connectivity index (χ0v) is 16.6. The standard InChI is InChI=1S/C26H24O/c1-15-6-8-17-19-12-24-20(13-23(19)25(2,3)21(17)10-15)18-9-7-16(14-27)11-22(18)26(24,4)5/h6-14H,1-5H3. The second-order valence-electron chi connectivity index (χ2n) is 9.17. The largest absolute Gasteiger partial charge is 0.298 e. The second-order valence-corrected chi connectivity index (χ2v) is 9.17. The van der Waals surface area contributed by atoms with Gasteiger partial charge in [-0.2, -0.15) is 0 Å². The van der Waals surface area contributed by atoms with Crippen LogP contribution in [-0.2, 0) is 10.8 Å². The molecule has 1 nitrogen and oxygen atoms in total. The normalized spacial score (nSPS) is 17.1. The van der Waals surface area contributed by atoms with Gasteiger partial charge in [-0.3, -0.25) is 4.79 Å². The Morgan fingerprint density at radius 2 is 1.11 bits per heavy atom.